The molecule has 2 aliphatic heterocycles. The highest BCUT2D eigenvalue weighted by Gasteiger charge is 2.23. The highest BCUT2D eigenvalue weighted by Crippen LogP contribution is 2.24. The number of hydrogen-bond acceptors (Lipinski definition) is 4. The lowest BCUT2D eigenvalue weighted by Gasteiger charge is -2.27. The van der Waals surface area contributed by atoms with Gasteiger partial charge in [-0.15, -0.1) is 0 Å². The van der Waals surface area contributed by atoms with Crippen LogP contribution in [0.2, 0.25) is 0 Å². The molecule has 2 heterocycles. The Hall–Kier alpha value is -0.160. The van der Waals surface area contributed by atoms with E-state index in [9.17, 15) is 0 Å². The summed E-state index contributed by atoms with van der Waals surface area (Å²) in [4.78, 5) is 0. The zero-order valence-corrected chi connectivity index (χ0v) is 9.99. The van der Waals surface area contributed by atoms with Gasteiger partial charge < -0.3 is 9.47 Å². The van der Waals surface area contributed by atoms with Crippen LogP contribution in [0.25, 0.3) is 0 Å². The van der Waals surface area contributed by atoms with E-state index < -0.39 is 0 Å². The summed E-state index contributed by atoms with van der Waals surface area (Å²) in [5, 5.41) is 0. The first-order valence-electron chi connectivity index (χ1n) is 6.54. The van der Waals surface area contributed by atoms with Gasteiger partial charge in [-0.25, -0.2) is 0 Å². The number of hydrogen-bond donors (Lipinski definition) is 2. The maximum atomic E-state index is 5.65. The Bertz CT molecular complexity index is 189. The molecule has 2 unspecified atom stereocenters. The molecule has 0 aromatic rings. The van der Waals surface area contributed by atoms with Crippen LogP contribution in [0.5, 0.6) is 0 Å². The van der Waals surface area contributed by atoms with Crippen LogP contribution in [-0.4, -0.2) is 32.0 Å². The van der Waals surface area contributed by atoms with Gasteiger partial charge in [-0.3, -0.25) is 11.3 Å². The molecule has 3 N–H and O–H groups in total. The molecule has 0 bridgehead atoms. The lowest BCUT2D eigenvalue weighted by molar-refractivity contribution is 0.0537. The van der Waals surface area contributed by atoms with Crippen molar-refractivity contribution in [3.8, 4) is 0 Å². The fourth-order valence-electron chi connectivity index (χ4n) is 2.76. The van der Waals surface area contributed by atoms with E-state index in [1.807, 2.05) is 0 Å². The lowest BCUT2D eigenvalue weighted by Crippen LogP contribution is -2.39. The van der Waals surface area contributed by atoms with E-state index in [-0.39, 0.29) is 0 Å². The summed E-state index contributed by atoms with van der Waals surface area (Å²) in [6.45, 7) is 2.77. The Labute approximate surface area is 97.8 Å². The van der Waals surface area contributed by atoms with Crippen LogP contribution in [0.15, 0.2) is 0 Å². The van der Waals surface area contributed by atoms with Gasteiger partial charge in [-0.2, -0.15) is 0 Å². The van der Waals surface area contributed by atoms with E-state index in [0.717, 1.165) is 32.2 Å². The summed E-state index contributed by atoms with van der Waals surface area (Å²) in [6, 6.07) is 0.409. The van der Waals surface area contributed by atoms with Crippen LogP contribution < -0.4 is 11.3 Å². The van der Waals surface area contributed by atoms with Crippen LogP contribution in [0.1, 0.15) is 38.5 Å². The summed E-state index contributed by atoms with van der Waals surface area (Å²) < 4.78 is 11.0. The Balaban J connectivity index is 1.70. The van der Waals surface area contributed by atoms with E-state index >= 15 is 0 Å². The van der Waals surface area contributed by atoms with Crippen molar-refractivity contribution in [3.63, 3.8) is 0 Å². The third kappa shape index (κ3) is 3.70. The summed E-state index contributed by atoms with van der Waals surface area (Å²) in [6.07, 6.45) is 7.44. The Morgan fingerprint density at radius 1 is 1.12 bits per heavy atom. The van der Waals surface area contributed by atoms with E-state index in [4.69, 9.17) is 15.3 Å². The highest BCUT2D eigenvalue weighted by atomic mass is 16.5. The molecule has 0 amide bonds. The zero-order chi connectivity index (χ0) is 11.2. The second-order valence-corrected chi connectivity index (χ2v) is 5.03. The van der Waals surface area contributed by atoms with E-state index in [0.29, 0.717) is 12.1 Å². The average molecular weight is 228 g/mol. The second kappa shape index (κ2) is 6.55. The van der Waals surface area contributed by atoms with Crippen LogP contribution >= 0.6 is 0 Å². The van der Waals surface area contributed by atoms with E-state index in [1.54, 1.807) is 0 Å². The van der Waals surface area contributed by atoms with Crippen molar-refractivity contribution in [1.29, 1.82) is 0 Å². The molecular weight excluding hydrogens is 204 g/mol. The normalized spacial score (nSPS) is 29.4. The van der Waals surface area contributed by atoms with Gasteiger partial charge in [-0.05, 0) is 44.4 Å². The van der Waals surface area contributed by atoms with Crippen LogP contribution in [0, 0.1) is 5.92 Å². The molecule has 0 saturated carbocycles. The summed E-state index contributed by atoms with van der Waals surface area (Å²) in [5.41, 5.74) is 2.96. The molecule has 4 nitrogen and oxygen atoms in total. The third-order valence-electron chi connectivity index (χ3n) is 3.77. The van der Waals surface area contributed by atoms with Crippen molar-refractivity contribution in [3.05, 3.63) is 0 Å². The Morgan fingerprint density at radius 3 is 2.56 bits per heavy atom. The maximum absolute atomic E-state index is 5.65. The minimum Gasteiger partial charge on any atom is -0.381 e. The second-order valence-electron chi connectivity index (χ2n) is 5.03. The molecule has 94 valence electrons. The SMILES string of the molecule is NNC(CC1CCOCC1)CC1CCCO1. The Morgan fingerprint density at radius 2 is 1.94 bits per heavy atom. The molecule has 2 rings (SSSR count). The van der Waals surface area contributed by atoms with Crippen molar-refractivity contribution < 1.29 is 9.47 Å². The molecule has 16 heavy (non-hydrogen) atoms. The predicted octanol–water partition coefficient (Wildman–Crippen LogP) is 1.20. The van der Waals surface area contributed by atoms with Crippen molar-refractivity contribution in [2.75, 3.05) is 19.8 Å². The molecule has 0 radical (unpaired) electrons. The smallest absolute Gasteiger partial charge is 0.0591 e. The predicted molar refractivity (Wildman–Crippen MR) is 62.9 cm³/mol. The van der Waals surface area contributed by atoms with Crippen LogP contribution in [-0.2, 0) is 9.47 Å². The summed E-state index contributed by atoms with van der Waals surface area (Å²) in [7, 11) is 0. The standard InChI is InChI=1S/C12H24N2O2/c13-14-11(9-12-2-1-5-16-12)8-10-3-6-15-7-4-10/h10-12,14H,1-9,13H2. The van der Waals surface area contributed by atoms with Crippen molar-refractivity contribution in [1.82, 2.24) is 5.43 Å². The number of hydrazine groups is 1. The molecule has 0 aromatic heterocycles. The minimum atomic E-state index is 0.409. The van der Waals surface area contributed by atoms with Gasteiger partial charge in [-0.1, -0.05) is 0 Å². The number of nitrogens with two attached hydrogens (primary N) is 1. The first-order valence-corrected chi connectivity index (χ1v) is 6.54. The maximum Gasteiger partial charge on any atom is 0.0591 e. The number of ether oxygens (including phenoxy) is 2. The fourth-order valence-corrected chi connectivity index (χ4v) is 2.76. The van der Waals surface area contributed by atoms with Gasteiger partial charge in [0.1, 0.15) is 0 Å². The zero-order valence-electron chi connectivity index (χ0n) is 9.99. The molecule has 0 aromatic carbocycles. The molecular formula is C12H24N2O2. The highest BCUT2D eigenvalue weighted by molar-refractivity contribution is 4.77. The van der Waals surface area contributed by atoms with Gasteiger partial charge in [0.15, 0.2) is 0 Å². The Kier molecular flexibility index (Phi) is 5.03. The molecule has 4 heteroatoms. The first kappa shape index (κ1) is 12.3. The van der Waals surface area contributed by atoms with E-state index in [1.165, 1.54) is 32.1 Å². The van der Waals surface area contributed by atoms with Crippen molar-refractivity contribution in [2.45, 2.75) is 50.7 Å². The van der Waals surface area contributed by atoms with Crippen molar-refractivity contribution in [2.24, 2.45) is 11.8 Å². The van der Waals surface area contributed by atoms with E-state index in [2.05, 4.69) is 5.43 Å². The third-order valence-corrected chi connectivity index (χ3v) is 3.77. The largest absolute Gasteiger partial charge is 0.381 e. The van der Waals surface area contributed by atoms with Crippen LogP contribution in [0.4, 0.5) is 0 Å². The molecule has 0 spiro atoms. The van der Waals surface area contributed by atoms with Gasteiger partial charge in [0.25, 0.3) is 0 Å². The molecule has 2 atom stereocenters. The molecule has 2 aliphatic rings. The lowest BCUT2D eigenvalue weighted by atomic mass is 9.90. The minimum absolute atomic E-state index is 0.409. The topological polar surface area (TPSA) is 56.5 Å². The number of rotatable bonds is 5. The monoisotopic (exact) mass is 228 g/mol. The first-order chi connectivity index (χ1) is 7.88. The molecule has 2 fully saturated rings. The molecule has 2 saturated heterocycles. The number of nitrogens with one attached hydrogen (secondary N) is 1. The molecule has 0 aliphatic carbocycles. The van der Waals surface area contributed by atoms with Gasteiger partial charge >= 0.3 is 0 Å². The van der Waals surface area contributed by atoms with Gasteiger partial charge in [0.05, 0.1) is 6.10 Å². The fraction of sp³-hybridized carbons (Fsp3) is 1.00. The average Bonchev–Trinajstić information content (AvgIpc) is 2.82. The van der Waals surface area contributed by atoms with Crippen LogP contribution in [0.3, 0.4) is 0 Å². The van der Waals surface area contributed by atoms with Gasteiger partial charge in [0, 0.05) is 25.9 Å². The summed E-state index contributed by atoms with van der Waals surface area (Å²) >= 11 is 0. The van der Waals surface area contributed by atoms with Crippen molar-refractivity contribution >= 4 is 0 Å². The quantitative estimate of drug-likeness (QED) is 0.548. The van der Waals surface area contributed by atoms with Gasteiger partial charge in [0.2, 0.25) is 0 Å². The summed E-state index contributed by atoms with van der Waals surface area (Å²) in [5.74, 6) is 6.41.